The average Bonchev–Trinajstić information content (AvgIpc) is 3.48. The Balaban J connectivity index is 1.65. The van der Waals surface area contributed by atoms with Crippen LogP contribution >= 0.6 is 23.2 Å². The molecule has 3 rings (SSSR count). The number of halogens is 2. The summed E-state index contributed by atoms with van der Waals surface area (Å²) in [6, 6.07) is 9.49. The quantitative estimate of drug-likeness (QED) is 0.562. The Labute approximate surface area is 179 Å². The van der Waals surface area contributed by atoms with Crippen molar-refractivity contribution in [2.75, 3.05) is 20.3 Å². The van der Waals surface area contributed by atoms with E-state index in [4.69, 9.17) is 32.7 Å². The van der Waals surface area contributed by atoms with Gasteiger partial charge in [0.05, 0.1) is 29.3 Å². The molecule has 0 unspecified atom stereocenters. The number of carbonyl (C=O) groups is 1. The summed E-state index contributed by atoms with van der Waals surface area (Å²) in [7, 11) is -2.29. The number of hydrogen-bond donors (Lipinski definition) is 2. The Bertz CT molecular complexity index is 1010. The number of methoxy groups -OCH3 is 1. The molecule has 1 fully saturated rings. The van der Waals surface area contributed by atoms with E-state index in [1.165, 1.54) is 19.2 Å². The summed E-state index contributed by atoms with van der Waals surface area (Å²) in [4.78, 5) is 12.3. The highest BCUT2D eigenvalue weighted by molar-refractivity contribution is 7.89. The van der Waals surface area contributed by atoms with Gasteiger partial charge in [0.2, 0.25) is 10.0 Å². The smallest absolute Gasteiger partial charge is 0.252 e. The molecule has 1 saturated carbocycles. The van der Waals surface area contributed by atoms with Gasteiger partial charge in [0.25, 0.3) is 5.91 Å². The Morgan fingerprint density at radius 2 is 1.83 bits per heavy atom. The van der Waals surface area contributed by atoms with Crippen molar-refractivity contribution in [2.24, 2.45) is 0 Å². The molecule has 0 radical (unpaired) electrons. The molecule has 0 aliphatic heterocycles. The van der Waals surface area contributed by atoms with Crippen LogP contribution in [0.25, 0.3) is 0 Å². The Morgan fingerprint density at radius 1 is 1.14 bits per heavy atom. The molecule has 1 aliphatic rings. The highest BCUT2D eigenvalue weighted by Crippen LogP contribution is 2.30. The largest absolute Gasteiger partial charge is 0.493 e. The molecule has 29 heavy (non-hydrogen) atoms. The van der Waals surface area contributed by atoms with E-state index < -0.39 is 15.9 Å². The molecule has 0 heterocycles. The molecule has 1 aliphatic carbocycles. The Hall–Kier alpha value is -2.00. The summed E-state index contributed by atoms with van der Waals surface area (Å²) in [6.45, 7) is 0.365. The topological polar surface area (TPSA) is 93.7 Å². The maximum absolute atomic E-state index is 12.5. The third-order valence-corrected chi connectivity index (χ3v) is 6.47. The molecule has 2 aromatic rings. The fraction of sp³-hybridized carbons (Fsp3) is 0.316. The summed E-state index contributed by atoms with van der Waals surface area (Å²) in [5, 5.41) is 2.67. The number of benzene rings is 2. The van der Waals surface area contributed by atoms with Crippen molar-refractivity contribution in [3.63, 3.8) is 0 Å². The van der Waals surface area contributed by atoms with Crippen LogP contribution in [0.15, 0.2) is 41.3 Å². The van der Waals surface area contributed by atoms with E-state index in [0.29, 0.717) is 11.5 Å². The lowest BCUT2D eigenvalue weighted by Crippen LogP contribution is -2.29. The molecule has 0 atom stereocenters. The van der Waals surface area contributed by atoms with Gasteiger partial charge in [-0.2, -0.15) is 0 Å². The van der Waals surface area contributed by atoms with Crippen LogP contribution in [0.4, 0.5) is 0 Å². The molecule has 7 nitrogen and oxygen atoms in total. The molecule has 156 valence electrons. The van der Waals surface area contributed by atoms with E-state index in [9.17, 15) is 13.2 Å². The number of ether oxygens (including phenoxy) is 2. The first-order valence-corrected chi connectivity index (χ1v) is 11.1. The Kier molecular flexibility index (Phi) is 6.89. The van der Waals surface area contributed by atoms with E-state index in [1.54, 1.807) is 12.1 Å². The predicted octanol–water partition coefficient (Wildman–Crippen LogP) is 3.25. The zero-order chi connectivity index (χ0) is 21.0. The molecule has 1 amide bonds. The lowest BCUT2D eigenvalue weighted by atomic mass is 10.2. The summed E-state index contributed by atoms with van der Waals surface area (Å²) in [5.41, 5.74) is 0.0181. The van der Waals surface area contributed by atoms with Crippen LogP contribution < -0.4 is 19.5 Å². The van der Waals surface area contributed by atoms with Crippen LogP contribution in [0.3, 0.4) is 0 Å². The van der Waals surface area contributed by atoms with Crippen LogP contribution in [0.2, 0.25) is 10.0 Å². The second-order valence-corrected chi connectivity index (χ2v) is 8.91. The number of rotatable bonds is 9. The second-order valence-electron chi connectivity index (χ2n) is 6.41. The van der Waals surface area contributed by atoms with E-state index in [0.717, 1.165) is 12.8 Å². The third kappa shape index (κ3) is 5.54. The molecule has 0 aromatic heterocycles. The first-order valence-electron chi connectivity index (χ1n) is 8.87. The van der Waals surface area contributed by atoms with Crippen LogP contribution in [-0.4, -0.2) is 40.6 Å². The van der Waals surface area contributed by atoms with Crippen molar-refractivity contribution < 1.29 is 22.7 Å². The van der Waals surface area contributed by atoms with Crippen LogP contribution in [-0.2, 0) is 10.0 Å². The van der Waals surface area contributed by atoms with Gasteiger partial charge in [-0.05, 0) is 37.1 Å². The van der Waals surface area contributed by atoms with Crippen molar-refractivity contribution in [3.05, 3.63) is 52.0 Å². The maximum atomic E-state index is 12.5. The molecule has 2 N–H and O–H groups in total. The van der Waals surface area contributed by atoms with Gasteiger partial charge in [-0.15, -0.1) is 0 Å². The molecular weight excluding hydrogens is 439 g/mol. The van der Waals surface area contributed by atoms with Crippen LogP contribution in [0.1, 0.15) is 23.2 Å². The molecule has 10 heteroatoms. The van der Waals surface area contributed by atoms with Gasteiger partial charge in [0.15, 0.2) is 11.5 Å². The van der Waals surface area contributed by atoms with Crippen LogP contribution in [0.5, 0.6) is 11.5 Å². The van der Waals surface area contributed by atoms with Gasteiger partial charge < -0.3 is 14.8 Å². The van der Waals surface area contributed by atoms with Gasteiger partial charge in [0.1, 0.15) is 11.5 Å². The van der Waals surface area contributed by atoms with E-state index in [-0.39, 0.29) is 39.7 Å². The van der Waals surface area contributed by atoms with Crippen molar-refractivity contribution in [1.29, 1.82) is 0 Å². The van der Waals surface area contributed by atoms with E-state index in [1.807, 2.05) is 12.1 Å². The standard InChI is InChI=1S/C19H20Cl2N2O5S/c1-27-16-4-2-3-5-17(16)28-9-8-22-19(24)13-10-18(15(21)11-14(13)20)29(25,26)23-12-6-7-12/h2-5,10-12,23H,6-9H2,1H3,(H,22,24). The number of carbonyl (C=O) groups excluding carboxylic acids is 1. The van der Waals surface area contributed by atoms with Crippen LogP contribution in [0, 0.1) is 0 Å². The predicted molar refractivity (Wildman–Crippen MR) is 111 cm³/mol. The molecule has 2 aromatic carbocycles. The van der Waals surface area contributed by atoms with Crippen molar-refractivity contribution in [3.8, 4) is 11.5 Å². The van der Waals surface area contributed by atoms with E-state index >= 15 is 0 Å². The minimum Gasteiger partial charge on any atom is -0.493 e. The first kappa shape index (κ1) is 21.7. The zero-order valence-electron chi connectivity index (χ0n) is 15.6. The van der Waals surface area contributed by atoms with Crippen molar-refractivity contribution in [2.45, 2.75) is 23.8 Å². The minimum atomic E-state index is -3.83. The lowest BCUT2D eigenvalue weighted by molar-refractivity contribution is 0.0946. The van der Waals surface area contributed by atoms with Crippen molar-refractivity contribution >= 4 is 39.1 Å². The molecule has 0 spiro atoms. The second kappa shape index (κ2) is 9.21. The number of hydrogen-bond acceptors (Lipinski definition) is 5. The number of amides is 1. The summed E-state index contributed by atoms with van der Waals surface area (Å²) < 4.78 is 38.2. The fourth-order valence-corrected chi connectivity index (χ4v) is 4.72. The average molecular weight is 459 g/mol. The lowest BCUT2D eigenvalue weighted by Gasteiger charge is -2.13. The molecule has 0 bridgehead atoms. The summed E-state index contributed by atoms with van der Waals surface area (Å²) >= 11 is 12.2. The van der Waals surface area contributed by atoms with Gasteiger partial charge in [-0.1, -0.05) is 35.3 Å². The summed E-state index contributed by atoms with van der Waals surface area (Å²) in [5.74, 6) is 0.601. The fourth-order valence-electron chi connectivity index (χ4n) is 2.55. The SMILES string of the molecule is COc1ccccc1OCCNC(=O)c1cc(S(=O)(=O)NC2CC2)c(Cl)cc1Cl. The highest BCUT2D eigenvalue weighted by atomic mass is 35.5. The van der Waals surface area contributed by atoms with Gasteiger partial charge in [0, 0.05) is 6.04 Å². The maximum Gasteiger partial charge on any atom is 0.252 e. The van der Waals surface area contributed by atoms with Gasteiger partial charge in [-0.3, -0.25) is 4.79 Å². The van der Waals surface area contributed by atoms with Gasteiger partial charge in [-0.25, -0.2) is 13.1 Å². The van der Waals surface area contributed by atoms with Crippen molar-refractivity contribution in [1.82, 2.24) is 10.0 Å². The summed E-state index contributed by atoms with van der Waals surface area (Å²) in [6.07, 6.45) is 1.56. The minimum absolute atomic E-state index is 0.0181. The number of nitrogens with one attached hydrogen (secondary N) is 2. The van der Waals surface area contributed by atoms with E-state index in [2.05, 4.69) is 10.0 Å². The number of para-hydroxylation sites is 2. The normalized spacial score (nSPS) is 13.8. The monoisotopic (exact) mass is 458 g/mol. The third-order valence-electron chi connectivity index (χ3n) is 4.17. The zero-order valence-corrected chi connectivity index (χ0v) is 17.9. The number of sulfonamides is 1. The Morgan fingerprint density at radius 3 is 2.48 bits per heavy atom. The molecular formula is C19H20Cl2N2O5S. The first-order chi connectivity index (χ1) is 13.8. The highest BCUT2D eigenvalue weighted by Gasteiger charge is 2.30. The van der Waals surface area contributed by atoms with Gasteiger partial charge >= 0.3 is 0 Å². The molecule has 0 saturated heterocycles.